The molecule has 0 aliphatic heterocycles. The second-order valence-corrected chi connectivity index (χ2v) is 4.68. The molecule has 2 aromatic heterocycles. The van der Waals surface area contributed by atoms with Gasteiger partial charge >= 0.3 is 0 Å². The summed E-state index contributed by atoms with van der Waals surface area (Å²) in [5.41, 5.74) is 9.29. The summed E-state index contributed by atoms with van der Waals surface area (Å²) >= 11 is 0. The SMILES string of the molecule is C=CCCOc1nc(-c2cc(CC)ccn2)c(C)nc1N. The van der Waals surface area contributed by atoms with Crippen LogP contribution < -0.4 is 10.5 Å². The molecule has 0 aromatic carbocycles. The monoisotopic (exact) mass is 284 g/mol. The molecule has 0 spiro atoms. The van der Waals surface area contributed by atoms with Crippen LogP contribution in [0.4, 0.5) is 5.82 Å². The summed E-state index contributed by atoms with van der Waals surface area (Å²) in [4.78, 5) is 13.2. The lowest BCUT2D eigenvalue weighted by atomic mass is 10.1. The van der Waals surface area contributed by atoms with Crippen molar-refractivity contribution in [2.75, 3.05) is 12.3 Å². The first-order valence-electron chi connectivity index (χ1n) is 6.98. The molecule has 2 rings (SSSR count). The lowest BCUT2D eigenvalue weighted by Crippen LogP contribution is -2.06. The van der Waals surface area contributed by atoms with Gasteiger partial charge in [-0.2, -0.15) is 0 Å². The van der Waals surface area contributed by atoms with Gasteiger partial charge in [-0.05, 0) is 37.5 Å². The average molecular weight is 284 g/mol. The number of nitrogens with zero attached hydrogens (tertiary/aromatic N) is 3. The second kappa shape index (κ2) is 6.83. The van der Waals surface area contributed by atoms with E-state index in [0.29, 0.717) is 24.0 Å². The third-order valence-electron chi connectivity index (χ3n) is 3.10. The molecule has 0 aliphatic carbocycles. The highest BCUT2D eigenvalue weighted by Gasteiger charge is 2.13. The number of nitrogens with two attached hydrogens (primary N) is 1. The number of pyridine rings is 1. The summed E-state index contributed by atoms with van der Waals surface area (Å²) in [5.74, 6) is 0.646. The van der Waals surface area contributed by atoms with Crippen molar-refractivity contribution in [3.63, 3.8) is 0 Å². The molecule has 0 saturated heterocycles. The molecule has 2 heterocycles. The highest BCUT2D eigenvalue weighted by atomic mass is 16.5. The van der Waals surface area contributed by atoms with Gasteiger partial charge in [-0.3, -0.25) is 4.98 Å². The van der Waals surface area contributed by atoms with Crippen molar-refractivity contribution in [3.05, 3.63) is 42.2 Å². The van der Waals surface area contributed by atoms with Gasteiger partial charge in [-0.1, -0.05) is 13.0 Å². The molecule has 21 heavy (non-hydrogen) atoms. The summed E-state index contributed by atoms with van der Waals surface area (Å²) in [7, 11) is 0. The van der Waals surface area contributed by atoms with Crippen molar-refractivity contribution in [2.45, 2.75) is 26.7 Å². The summed E-state index contributed by atoms with van der Waals surface area (Å²) in [6.45, 7) is 8.10. The molecule has 2 N–H and O–H groups in total. The smallest absolute Gasteiger partial charge is 0.257 e. The minimum absolute atomic E-state index is 0.298. The van der Waals surface area contributed by atoms with E-state index in [1.54, 1.807) is 12.3 Å². The molecule has 0 amide bonds. The van der Waals surface area contributed by atoms with Gasteiger partial charge < -0.3 is 10.5 Å². The third-order valence-corrected chi connectivity index (χ3v) is 3.10. The van der Waals surface area contributed by atoms with Gasteiger partial charge in [0.1, 0.15) is 5.69 Å². The first-order chi connectivity index (χ1) is 10.2. The molecule has 5 heteroatoms. The van der Waals surface area contributed by atoms with Gasteiger partial charge in [-0.25, -0.2) is 9.97 Å². The Morgan fingerprint density at radius 1 is 1.38 bits per heavy atom. The zero-order valence-electron chi connectivity index (χ0n) is 12.5. The molecule has 0 aliphatic rings. The van der Waals surface area contributed by atoms with Crippen molar-refractivity contribution in [3.8, 4) is 17.3 Å². The Balaban J connectivity index is 2.37. The summed E-state index contributed by atoms with van der Waals surface area (Å²) in [5, 5.41) is 0. The van der Waals surface area contributed by atoms with Crippen LogP contribution in [0.3, 0.4) is 0 Å². The van der Waals surface area contributed by atoms with Gasteiger partial charge in [0.25, 0.3) is 5.88 Å². The maximum Gasteiger partial charge on any atom is 0.257 e. The van der Waals surface area contributed by atoms with Crippen molar-refractivity contribution in [1.82, 2.24) is 15.0 Å². The predicted molar refractivity (Wildman–Crippen MR) is 84.1 cm³/mol. The standard InChI is InChI=1S/C16H20N4O/c1-4-6-9-21-16-15(17)19-11(3)14(20-16)13-10-12(5-2)7-8-18-13/h4,7-8,10H,1,5-6,9H2,2-3H3,(H2,17,19). The average Bonchev–Trinajstić information content (AvgIpc) is 2.49. The van der Waals surface area contributed by atoms with Crippen LogP contribution in [0.15, 0.2) is 31.0 Å². The molecule has 110 valence electrons. The predicted octanol–water partition coefficient (Wildman–Crippen LogP) is 2.95. The molecular formula is C16H20N4O. The van der Waals surface area contributed by atoms with Crippen molar-refractivity contribution in [2.24, 2.45) is 0 Å². The number of rotatable bonds is 6. The van der Waals surface area contributed by atoms with E-state index in [1.165, 1.54) is 5.56 Å². The number of hydrogen-bond donors (Lipinski definition) is 1. The molecular weight excluding hydrogens is 264 g/mol. The van der Waals surface area contributed by atoms with E-state index in [2.05, 4.69) is 28.5 Å². The fraction of sp³-hybridized carbons (Fsp3) is 0.312. The van der Waals surface area contributed by atoms with E-state index < -0.39 is 0 Å². The highest BCUT2D eigenvalue weighted by molar-refractivity contribution is 5.61. The summed E-state index contributed by atoms with van der Waals surface area (Å²) in [6, 6.07) is 4.01. The van der Waals surface area contributed by atoms with E-state index >= 15 is 0 Å². The van der Waals surface area contributed by atoms with Gasteiger partial charge in [0.2, 0.25) is 0 Å². The van der Waals surface area contributed by atoms with Crippen LogP contribution in [0.5, 0.6) is 5.88 Å². The Morgan fingerprint density at radius 2 is 2.19 bits per heavy atom. The fourth-order valence-corrected chi connectivity index (χ4v) is 1.93. The van der Waals surface area contributed by atoms with Crippen LogP contribution in [-0.2, 0) is 6.42 Å². The second-order valence-electron chi connectivity index (χ2n) is 4.68. The van der Waals surface area contributed by atoms with E-state index in [0.717, 1.165) is 24.2 Å². The van der Waals surface area contributed by atoms with Crippen LogP contribution >= 0.6 is 0 Å². The van der Waals surface area contributed by atoms with Crippen molar-refractivity contribution >= 4 is 5.82 Å². The molecule has 0 atom stereocenters. The molecule has 0 radical (unpaired) electrons. The number of nitrogen functional groups attached to an aromatic ring is 1. The molecule has 0 saturated carbocycles. The zero-order valence-corrected chi connectivity index (χ0v) is 12.5. The van der Waals surface area contributed by atoms with Gasteiger partial charge in [0.05, 0.1) is 18.0 Å². The van der Waals surface area contributed by atoms with Crippen LogP contribution in [0, 0.1) is 6.92 Å². The Hall–Kier alpha value is -2.43. The topological polar surface area (TPSA) is 73.9 Å². The van der Waals surface area contributed by atoms with Gasteiger partial charge in [-0.15, -0.1) is 6.58 Å². The van der Waals surface area contributed by atoms with Crippen LogP contribution in [-0.4, -0.2) is 21.6 Å². The number of ether oxygens (including phenoxy) is 1. The quantitative estimate of drug-likeness (QED) is 0.652. The summed E-state index contributed by atoms with van der Waals surface area (Å²) < 4.78 is 5.55. The maximum atomic E-state index is 5.86. The van der Waals surface area contributed by atoms with Gasteiger partial charge in [0, 0.05) is 6.20 Å². The minimum Gasteiger partial charge on any atom is -0.475 e. The Labute approximate surface area is 124 Å². The molecule has 2 aromatic rings. The molecule has 0 fully saturated rings. The third kappa shape index (κ3) is 3.56. The number of hydrogen-bond acceptors (Lipinski definition) is 5. The van der Waals surface area contributed by atoms with Crippen molar-refractivity contribution in [1.29, 1.82) is 0 Å². The lowest BCUT2D eigenvalue weighted by molar-refractivity contribution is 0.313. The minimum atomic E-state index is 0.298. The van der Waals surface area contributed by atoms with Crippen LogP contribution in [0.1, 0.15) is 24.6 Å². The lowest BCUT2D eigenvalue weighted by Gasteiger charge is -2.11. The first-order valence-corrected chi connectivity index (χ1v) is 6.98. The van der Waals surface area contributed by atoms with E-state index in [4.69, 9.17) is 10.5 Å². The summed E-state index contributed by atoms with van der Waals surface area (Å²) in [6.07, 6.45) is 5.24. The van der Waals surface area contributed by atoms with Crippen LogP contribution in [0.2, 0.25) is 0 Å². The fourth-order valence-electron chi connectivity index (χ4n) is 1.93. The van der Waals surface area contributed by atoms with E-state index in [1.807, 2.05) is 19.1 Å². The van der Waals surface area contributed by atoms with E-state index in [-0.39, 0.29) is 0 Å². The van der Waals surface area contributed by atoms with Gasteiger partial charge in [0.15, 0.2) is 5.82 Å². The van der Waals surface area contributed by atoms with Crippen LogP contribution in [0.25, 0.3) is 11.4 Å². The number of aromatic nitrogens is 3. The largest absolute Gasteiger partial charge is 0.475 e. The Bertz CT molecular complexity index is 640. The Kier molecular flexibility index (Phi) is 4.87. The first kappa shape index (κ1) is 15.0. The van der Waals surface area contributed by atoms with Crippen molar-refractivity contribution < 1.29 is 4.74 Å². The zero-order chi connectivity index (χ0) is 15.2. The Morgan fingerprint density at radius 3 is 2.90 bits per heavy atom. The molecule has 0 bridgehead atoms. The normalized spacial score (nSPS) is 10.4. The number of anilines is 1. The molecule has 0 unspecified atom stereocenters. The molecule has 5 nitrogen and oxygen atoms in total. The van der Waals surface area contributed by atoms with E-state index in [9.17, 15) is 0 Å². The maximum absolute atomic E-state index is 5.86. The highest BCUT2D eigenvalue weighted by Crippen LogP contribution is 2.25. The number of aryl methyl sites for hydroxylation is 2.